The van der Waals surface area contributed by atoms with Gasteiger partial charge in [-0.05, 0) is 58.1 Å². The van der Waals surface area contributed by atoms with E-state index < -0.39 is 24.8 Å². The van der Waals surface area contributed by atoms with Crippen LogP contribution in [0.15, 0.2) is 110 Å². The molecule has 1 unspecified atom stereocenters. The van der Waals surface area contributed by atoms with Crippen molar-refractivity contribution in [3.05, 3.63) is 132 Å². The first-order valence-electron chi connectivity index (χ1n) is 15.6. The highest BCUT2D eigenvalue weighted by Gasteiger charge is 2.43. The van der Waals surface area contributed by atoms with Crippen molar-refractivity contribution in [2.24, 2.45) is 0 Å². The van der Waals surface area contributed by atoms with Gasteiger partial charge in [-0.25, -0.2) is 0 Å². The molecular formula is C39H47OPSi2. The van der Waals surface area contributed by atoms with Gasteiger partial charge in [-0.1, -0.05) is 167 Å². The predicted molar refractivity (Wildman–Crippen MR) is 197 cm³/mol. The lowest BCUT2D eigenvalue weighted by molar-refractivity contribution is 0.354. The third-order valence-corrected chi connectivity index (χ3v) is 17.0. The Kier molecular flexibility index (Phi) is 9.19. The van der Waals surface area contributed by atoms with Crippen LogP contribution in [-0.4, -0.2) is 23.5 Å². The van der Waals surface area contributed by atoms with E-state index in [1.54, 1.807) is 5.19 Å². The maximum absolute atomic E-state index is 6.76. The van der Waals surface area contributed by atoms with Gasteiger partial charge in [0.25, 0.3) is 0 Å². The van der Waals surface area contributed by atoms with Gasteiger partial charge in [0.05, 0.1) is 16.9 Å². The van der Waals surface area contributed by atoms with E-state index in [9.17, 15) is 0 Å². The lowest BCUT2D eigenvalue weighted by Gasteiger charge is -2.37. The quantitative estimate of drug-likeness (QED) is 0.104. The smallest absolute Gasteiger partial charge is 0.122 e. The number of aryl methyl sites for hydroxylation is 1. The van der Waals surface area contributed by atoms with Crippen LogP contribution in [0.3, 0.4) is 0 Å². The zero-order valence-electron chi connectivity index (χ0n) is 27.2. The van der Waals surface area contributed by atoms with Crippen molar-refractivity contribution in [1.82, 2.24) is 0 Å². The minimum atomic E-state index is -2.19. The molecule has 222 valence electrons. The Morgan fingerprint density at radius 1 is 0.884 bits per heavy atom. The Balaban J connectivity index is 1.76. The molecule has 0 amide bonds. The zero-order chi connectivity index (χ0) is 30.9. The van der Waals surface area contributed by atoms with Gasteiger partial charge in [0.1, 0.15) is 12.4 Å². The van der Waals surface area contributed by atoms with Gasteiger partial charge in [0, 0.05) is 5.54 Å². The van der Waals surface area contributed by atoms with Crippen LogP contribution in [0.4, 0.5) is 0 Å². The van der Waals surface area contributed by atoms with Gasteiger partial charge >= 0.3 is 0 Å². The largest absolute Gasteiger partial charge is 0.489 e. The van der Waals surface area contributed by atoms with Crippen molar-refractivity contribution in [2.45, 2.75) is 64.8 Å². The van der Waals surface area contributed by atoms with E-state index >= 15 is 0 Å². The number of hydrogen-bond acceptors (Lipinski definition) is 1. The Bertz CT molecular complexity index is 1590. The molecule has 0 aromatic heterocycles. The van der Waals surface area contributed by atoms with E-state index in [1.807, 2.05) is 6.08 Å². The highest BCUT2D eigenvalue weighted by atomic mass is 31.1. The third kappa shape index (κ3) is 6.05. The summed E-state index contributed by atoms with van der Waals surface area (Å²) in [5.74, 6) is 1.14. The van der Waals surface area contributed by atoms with Crippen molar-refractivity contribution in [1.29, 1.82) is 0 Å². The van der Waals surface area contributed by atoms with Gasteiger partial charge < -0.3 is 4.74 Å². The SMILES string of the molecule is C=CCOc1c([Si](C)(C)C2C=C(P(c3ccccc3)c3ccccc3)c3ccccc32)cc(C)c([SiH](C)C)c1C(C)(C)C. The molecule has 1 atom stereocenters. The maximum Gasteiger partial charge on any atom is 0.122 e. The summed E-state index contributed by atoms with van der Waals surface area (Å²) in [6, 6.07) is 34.0. The highest BCUT2D eigenvalue weighted by molar-refractivity contribution is 7.82. The van der Waals surface area contributed by atoms with E-state index in [0.29, 0.717) is 12.1 Å². The van der Waals surface area contributed by atoms with Crippen molar-refractivity contribution >= 4 is 51.1 Å². The number of hydrogen-bond donors (Lipinski definition) is 0. The summed E-state index contributed by atoms with van der Waals surface area (Å²) in [5, 5.41) is 7.30. The molecule has 43 heavy (non-hydrogen) atoms. The Hall–Kier alpha value is -2.98. The van der Waals surface area contributed by atoms with Crippen LogP contribution < -0.4 is 25.7 Å². The van der Waals surface area contributed by atoms with E-state index in [1.165, 1.54) is 43.4 Å². The monoisotopic (exact) mass is 618 g/mol. The molecule has 0 saturated carbocycles. The summed E-state index contributed by atoms with van der Waals surface area (Å²) in [7, 11) is -4.01. The summed E-state index contributed by atoms with van der Waals surface area (Å²) in [5.41, 5.74) is 6.09. The van der Waals surface area contributed by atoms with Crippen LogP contribution in [0.25, 0.3) is 5.31 Å². The summed E-state index contributed by atoms with van der Waals surface area (Å²) in [6.07, 6.45) is 4.56. The van der Waals surface area contributed by atoms with Gasteiger partial charge in [-0.2, -0.15) is 0 Å². The molecule has 0 heterocycles. The van der Waals surface area contributed by atoms with Crippen LogP contribution in [0.1, 0.15) is 48.6 Å². The first kappa shape index (κ1) is 31.4. The summed E-state index contributed by atoms with van der Waals surface area (Å²) < 4.78 is 6.76. The molecular weight excluding hydrogens is 572 g/mol. The number of ether oxygens (including phenoxy) is 1. The van der Waals surface area contributed by atoms with Crippen LogP contribution in [0, 0.1) is 6.92 Å². The molecule has 1 aliphatic rings. The Morgan fingerprint density at radius 3 is 1.98 bits per heavy atom. The molecule has 0 fully saturated rings. The van der Waals surface area contributed by atoms with Crippen LogP contribution in [-0.2, 0) is 5.41 Å². The van der Waals surface area contributed by atoms with Crippen molar-refractivity contribution in [3.63, 3.8) is 0 Å². The molecule has 5 rings (SSSR count). The minimum absolute atomic E-state index is 0.0160. The van der Waals surface area contributed by atoms with E-state index in [2.05, 4.69) is 158 Å². The van der Waals surface area contributed by atoms with Crippen LogP contribution >= 0.6 is 7.92 Å². The van der Waals surface area contributed by atoms with Gasteiger partial charge in [-0.3, -0.25) is 0 Å². The van der Waals surface area contributed by atoms with Crippen molar-refractivity contribution in [3.8, 4) is 5.75 Å². The molecule has 0 radical (unpaired) electrons. The average molecular weight is 619 g/mol. The van der Waals surface area contributed by atoms with E-state index in [4.69, 9.17) is 4.74 Å². The number of benzene rings is 4. The molecule has 1 aliphatic carbocycles. The standard InChI is InChI=1S/C39H47OPSi2/c1-10-25-40-37-35(26-28(2)38(42(6)7)36(37)39(3,4)5)43(8,9)34-27-33(31-23-17-18-24-32(31)34)41(29-19-13-11-14-20-29)30-21-15-12-16-22-30/h10-24,26-27,34,42H,1,25H2,2-9H3. The fourth-order valence-electron chi connectivity index (χ4n) is 6.95. The fraction of sp³-hybridized carbons (Fsp3) is 0.282. The first-order valence-corrected chi connectivity index (χ1v) is 22.9. The van der Waals surface area contributed by atoms with Gasteiger partial charge in [-0.15, -0.1) is 0 Å². The fourth-order valence-corrected chi connectivity index (χ4v) is 15.1. The van der Waals surface area contributed by atoms with Crippen LogP contribution in [0.2, 0.25) is 26.2 Å². The minimum Gasteiger partial charge on any atom is -0.489 e. The van der Waals surface area contributed by atoms with Crippen LogP contribution in [0.5, 0.6) is 5.75 Å². The number of fused-ring (bicyclic) bond motifs is 1. The predicted octanol–water partition coefficient (Wildman–Crippen LogP) is 8.28. The van der Waals surface area contributed by atoms with E-state index in [0.717, 1.165) is 5.75 Å². The Morgan fingerprint density at radius 2 is 1.44 bits per heavy atom. The molecule has 0 aliphatic heterocycles. The normalized spacial score (nSPS) is 15.0. The van der Waals surface area contributed by atoms with Gasteiger partial charge in [0.2, 0.25) is 0 Å². The molecule has 0 saturated heterocycles. The van der Waals surface area contributed by atoms with E-state index in [-0.39, 0.29) is 5.41 Å². The Labute approximate surface area is 264 Å². The van der Waals surface area contributed by atoms with Crippen molar-refractivity contribution < 1.29 is 4.74 Å². The van der Waals surface area contributed by atoms with Gasteiger partial charge in [0.15, 0.2) is 0 Å². The summed E-state index contributed by atoms with van der Waals surface area (Å²) >= 11 is 0. The molecule has 4 aromatic rings. The molecule has 4 heteroatoms. The molecule has 0 bridgehead atoms. The highest BCUT2D eigenvalue weighted by Crippen LogP contribution is 2.56. The molecule has 0 N–H and O–H groups in total. The lowest BCUT2D eigenvalue weighted by atomic mass is 9.85. The second kappa shape index (κ2) is 12.6. The number of rotatable bonds is 9. The maximum atomic E-state index is 6.76. The molecule has 0 spiro atoms. The summed E-state index contributed by atoms with van der Waals surface area (Å²) in [6.45, 7) is 24.0. The zero-order valence-corrected chi connectivity index (χ0v) is 30.3. The number of allylic oxidation sites excluding steroid dienone is 1. The second-order valence-corrected chi connectivity index (χ2v) is 23.4. The third-order valence-electron chi connectivity index (χ3n) is 8.84. The topological polar surface area (TPSA) is 9.23 Å². The summed E-state index contributed by atoms with van der Waals surface area (Å²) in [4.78, 5) is 0. The second-order valence-electron chi connectivity index (χ2n) is 13.7. The first-order chi connectivity index (χ1) is 20.5. The lowest BCUT2D eigenvalue weighted by Crippen LogP contribution is -2.50. The molecule has 4 aromatic carbocycles. The van der Waals surface area contributed by atoms with Crippen molar-refractivity contribution in [2.75, 3.05) is 6.61 Å². The average Bonchev–Trinajstić information content (AvgIpc) is 3.36. The molecule has 1 nitrogen and oxygen atoms in total.